The van der Waals surface area contributed by atoms with Gasteiger partial charge in [0.2, 0.25) is 0 Å². The molecule has 0 heterocycles. The van der Waals surface area contributed by atoms with Crippen LogP contribution in [-0.4, -0.2) is 19.1 Å². The number of nitrogens with two attached hydrogens (primary N) is 1. The van der Waals surface area contributed by atoms with Crippen LogP contribution >= 0.6 is 0 Å². The average Bonchev–Trinajstić information content (AvgIpc) is 2.43. The predicted molar refractivity (Wildman–Crippen MR) is 81.1 cm³/mol. The fourth-order valence-electron chi connectivity index (χ4n) is 4.16. The normalized spacial score (nSPS) is 34.8. The van der Waals surface area contributed by atoms with Gasteiger partial charge in [-0.25, -0.2) is 0 Å². The molecule has 0 spiro atoms. The lowest BCUT2D eigenvalue weighted by Gasteiger charge is -2.62. The second kappa shape index (κ2) is 6.30. The number of hydrogen-bond acceptors (Lipinski definition) is 3. The van der Waals surface area contributed by atoms with E-state index >= 15 is 0 Å². The average molecular weight is 279 g/mol. The van der Waals surface area contributed by atoms with Crippen molar-refractivity contribution < 1.29 is 9.53 Å². The van der Waals surface area contributed by atoms with E-state index in [9.17, 15) is 4.79 Å². The second-order valence-corrected chi connectivity index (χ2v) is 7.10. The molecule has 0 aromatic heterocycles. The van der Waals surface area contributed by atoms with Gasteiger partial charge < -0.3 is 10.5 Å². The fraction of sp³-hybridized carbons (Fsp3) is 0.824. The van der Waals surface area contributed by atoms with Gasteiger partial charge in [-0.3, -0.25) is 4.79 Å². The van der Waals surface area contributed by atoms with E-state index in [1.807, 2.05) is 0 Å². The van der Waals surface area contributed by atoms with Crippen LogP contribution in [0.1, 0.15) is 52.4 Å². The van der Waals surface area contributed by atoms with Crippen LogP contribution in [0.4, 0.5) is 0 Å². The summed E-state index contributed by atoms with van der Waals surface area (Å²) >= 11 is 0. The Morgan fingerprint density at radius 2 is 2.10 bits per heavy atom. The van der Waals surface area contributed by atoms with Gasteiger partial charge in [0, 0.05) is 12.5 Å². The predicted octanol–water partition coefficient (Wildman–Crippen LogP) is 3.29. The summed E-state index contributed by atoms with van der Waals surface area (Å²) in [6, 6.07) is 0.381. The molecule has 0 aromatic carbocycles. The summed E-state index contributed by atoms with van der Waals surface area (Å²) in [7, 11) is 1.44. The molecule has 0 amide bonds. The summed E-state index contributed by atoms with van der Waals surface area (Å²) in [5, 5.41) is 0. The summed E-state index contributed by atoms with van der Waals surface area (Å²) in [6.45, 7) is 4.82. The van der Waals surface area contributed by atoms with Gasteiger partial charge in [0.15, 0.2) is 0 Å². The van der Waals surface area contributed by atoms with Crippen LogP contribution in [0.3, 0.4) is 0 Å². The third kappa shape index (κ3) is 3.08. The SMILES string of the molecule is COC(=O)CCCC=CCC1C(N)CC2CC1C2(C)C. The molecule has 0 aliphatic heterocycles. The number of carbonyl (C=O) groups is 1. The molecule has 3 aliphatic carbocycles. The van der Waals surface area contributed by atoms with Crippen molar-refractivity contribution >= 4 is 5.97 Å². The third-order valence-electron chi connectivity index (χ3n) is 5.72. The van der Waals surface area contributed by atoms with Crippen LogP contribution < -0.4 is 5.73 Å². The Balaban J connectivity index is 1.72. The summed E-state index contributed by atoms with van der Waals surface area (Å²) in [4.78, 5) is 11.0. The maximum atomic E-state index is 11.0. The largest absolute Gasteiger partial charge is 0.469 e. The first-order chi connectivity index (χ1) is 9.46. The Bertz CT molecular complexity index is 375. The van der Waals surface area contributed by atoms with E-state index in [1.54, 1.807) is 0 Å². The number of fused-ring (bicyclic) bond motifs is 2. The van der Waals surface area contributed by atoms with Gasteiger partial charge in [0.1, 0.15) is 0 Å². The minimum atomic E-state index is -0.116. The molecule has 20 heavy (non-hydrogen) atoms. The fourth-order valence-corrected chi connectivity index (χ4v) is 4.16. The van der Waals surface area contributed by atoms with E-state index in [2.05, 4.69) is 30.7 Å². The molecule has 3 fully saturated rings. The van der Waals surface area contributed by atoms with E-state index in [0.717, 1.165) is 31.1 Å². The van der Waals surface area contributed by atoms with E-state index in [0.29, 0.717) is 23.8 Å². The molecule has 4 unspecified atom stereocenters. The number of rotatable bonds is 6. The van der Waals surface area contributed by atoms with E-state index in [-0.39, 0.29) is 5.97 Å². The van der Waals surface area contributed by atoms with Gasteiger partial charge >= 0.3 is 5.97 Å². The molecule has 3 aliphatic rings. The molecular formula is C17H29NO2. The number of esters is 1. The summed E-state index contributed by atoms with van der Waals surface area (Å²) in [5.41, 5.74) is 6.82. The number of methoxy groups -OCH3 is 1. The Kier molecular flexibility index (Phi) is 4.90. The van der Waals surface area contributed by atoms with Crippen molar-refractivity contribution in [2.75, 3.05) is 7.11 Å². The first-order valence-corrected chi connectivity index (χ1v) is 7.94. The highest BCUT2D eigenvalue weighted by atomic mass is 16.5. The van der Waals surface area contributed by atoms with Gasteiger partial charge in [0.05, 0.1) is 7.11 Å². The minimum Gasteiger partial charge on any atom is -0.469 e. The highest BCUT2D eigenvalue weighted by molar-refractivity contribution is 5.69. The monoisotopic (exact) mass is 279 g/mol. The third-order valence-corrected chi connectivity index (χ3v) is 5.72. The Labute approximate surface area is 122 Å². The van der Waals surface area contributed by atoms with Gasteiger partial charge in [-0.05, 0) is 55.3 Å². The van der Waals surface area contributed by atoms with E-state index in [1.165, 1.54) is 20.0 Å². The van der Waals surface area contributed by atoms with Crippen molar-refractivity contribution in [1.29, 1.82) is 0 Å². The van der Waals surface area contributed by atoms with E-state index in [4.69, 9.17) is 5.73 Å². The molecule has 114 valence electrons. The van der Waals surface area contributed by atoms with Gasteiger partial charge in [-0.1, -0.05) is 26.0 Å². The standard InChI is InChI=1S/C17H29NO2/c1-17(2)12-10-14(17)13(15(18)11-12)8-6-4-5-7-9-16(19)20-3/h4,6,12-15H,5,7-11,18H2,1-3H3. The van der Waals surface area contributed by atoms with Crippen LogP contribution in [-0.2, 0) is 9.53 Å². The second-order valence-electron chi connectivity index (χ2n) is 7.10. The topological polar surface area (TPSA) is 52.3 Å². The number of ether oxygens (including phenoxy) is 1. The number of carbonyl (C=O) groups excluding carboxylic acids is 1. The van der Waals surface area contributed by atoms with Crippen LogP contribution in [0.15, 0.2) is 12.2 Å². The lowest BCUT2D eigenvalue weighted by atomic mass is 9.44. The first-order valence-electron chi connectivity index (χ1n) is 7.94. The zero-order valence-corrected chi connectivity index (χ0v) is 13.1. The molecular weight excluding hydrogens is 250 g/mol. The molecule has 0 radical (unpaired) electrons. The first kappa shape index (κ1) is 15.6. The highest BCUT2D eigenvalue weighted by Gasteiger charge is 2.56. The highest BCUT2D eigenvalue weighted by Crippen LogP contribution is 2.61. The lowest BCUT2D eigenvalue weighted by molar-refractivity contribution is -0.140. The molecule has 3 saturated carbocycles. The van der Waals surface area contributed by atoms with Gasteiger partial charge in [-0.2, -0.15) is 0 Å². The molecule has 2 bridgehead atoms. The van der Waals surface area contributed by atoms with Crippen LogP contribution in [0.2, 0.25) is 0 Å². The lowest BCUT2D eigenvalue weighted by Crippen LogP contribution is -2.59. The molecule has 0 saturated heterocycles. The molecule has 0 aromatic rings. The van der Waals surface area contributed by atoms with Crippen molar-refractivity contribution in [2.45, 2.75) is 58.4 Å². The van der Waals surface area contributed by atoms with Crippen LogP contribution in [0, 0.1) is 23.2 Å². The zero-order chi connectivity index (χ0) is 14.8. The maximum absolute atomic E-state index is 11.0. The number of allylic oxidation sites excluding steroid dienone is 2. The zero-order valence-electron chi connectivity index (χ0n) is 13.1. The smallest absolute Gasteiger partial charge is 0.305 e. The van der Waals surface area contributed by atoms with Crippen molar-refractivity contribution in [3.8, 4) is 0 Å². The van der Waals surface area contributed by atoms with Crippen LogP contribution in [0.5, 0.6) is 0 Å². The molecule has 4 atom stereocenters. The summed E-state index contributed by atoms with van der Waals surface area (Å²) in [5.74, 6) is 2.18. The molecule has 3 nitrogen and oxygen atoms in total. The molecule has 3 heteroatoms. The van der Waals surface area contributed by atoms with Gasteiger partial charge in [-0.15, -0.1) is 0 Å². The molecule has 2 N–H and O–H groups in total. The summed E-state index contributed by atoms with van der Waals surface area (Å²) < 4.78 is 4.63. The number of hydrogen-bond donors (Lipinski definition) is 1. The Morgan fingerprint density at radius 1 is 1.35 bits per heavy atom. The Morgan fingerprint density at radius 3 is 2.75 bits per heavy atom. The number of unbranched alkanes of at least 4 members (excludes halogenated alkanes) is 1. The van der Waals surface area contributed by atoms with Crippen LogP contribution in [0.25, 0.3) is 0 Å². The van der Waals surface area contributed by atoms with E-state index < -0.39 is 0 Å². The van der Waals surface area contributed by atoms with Gasteiger partial charge in [0.25, 0.3) is 0 Å². The summed E-state index contributed by atoms with van der Waals surface area (Å²) in [6.07, 6.45) is 10.5. The minimum absolute atomic E-state index is 0.116. The van der Waals surface area contributed by atoms with Crippen molar-refractivity contribution in [3.63, 3.8) is 0 Å². The Hall–Kier alpha value is -0.830. The quantitative estimate of drug-likeness (QED) is 0.461. The maximum Gasteiger partial charge on any atom is 0.305 e. The van der Waals surface area contributed by atoms with Crippen molar-refractivity contribution in [1.82, 2.24) is 0 Å². The van der Waals surface area contributed by atoms with Crippen molar-refractivity contribution in [2.24, 2.45) is 28.9 Å². The molecule has 3 rings (SSSR count). The van der Waals surface area contributed by atoms with Crippen molar-refractivity contribution in [3.05, 3.63) is 12.2 Å².